The van der Waals surface area contributed by atoms with Crippen molar-refractivity contribution < 1.29 is 14.3 Å². The molecule has 2 heterocycles. The predicted molar refractivity (Wildman–Crippen MR) is 102 cm³/mol. The molecular weight excluding hydrogens is 348 g/mol. The highest BCUT2D eigenvalue weighted by Gasteiger charge is 2.25. The van der Waals surface area contributed by atoms with Crippen molar-refractivity contribution in [2.45, 2.75) is 18.9 Å². The second-order valence-corrected chi connectivity index (χ2v) is 7.28. The second-order valence-electron chi connectivity index (χ2n) is 6.29. The van der Waals surface area contributed by atoms with Gasteiger partial charge in [-0.05, 0) is 30.3 Å². The van der Waals surface area contributed by atoms with Crippen molar-refractivity contribution in [1.82, 2.24) is 9.88 Å². The van der Waals surface area contributed by atoms with Crippen LogP contribution in [-0.4, -0.2) is 42.1 Å². The first kappa shape index (κ1) is 16.8. The second kappa shape index (κ2) is 7.33. The number of amides is 1. The summed E-state index contributed by atoms with van der Waals surface area (Å²) in [4.78, 5) is 19.0. The van der Waals surface area contributed by atoms with E-state index in [1.807, 2.05) is 53.4 Å². The Balaban J connectivity index is 1.37. The molecule has 0 saturated carbocycles. The highest BCUT2D eigenvalue weighted by atomic mass is 32.1. The summed E-state index contributed by atoms with van der Waals surface area (Å²) < 4.78 is 12.4. The molecule has 2 aromatic carbocycles. The molecule has 1 aromatic heterocycles. The molecule has 1 amide bonds. The Labute approximate surface area is 156 Å². The molecule has 1 saturated heterocycles. The van der Waals surface area contributed by atoms with Crippen LogP contribution in [0.25, 0.3) is 10.2 Å². The van der Waals surface area contributed by atoms with Gasteiger partial charge < -0.3 is 14.4 Å². The smallest absolute Gasteiger partial charge is 0.274 e. The van der Waals surface area contributed by atoms with E-state index >= 15 is 0 Å². The van der Waals surface area contributed by atoms with E-state index in [1.165, 1.54) is 11.3 Å². The topological polar surface area (TPSA) is 51.7 Å². The summed E-state index contributed by atoms with van der Waals surface area (Å²) in [6.07, 6.45) is 1.73. The number of thiazole rings is 1. The van der Waals surface area contributed by atoms with E-state index < -0.39 is 0 Å². The SMILES string of the molecule is COc1ccc2nc(OC3CCN(C(=O)c4ccccc4)CC3)sc2c1. The van der Waals surface area contributed by atoms with Gasteiger partial charge in [-0.1, -0.05) is 29.5 Å². The molecule has 0 radical (unpaired) electrons. The van der Waals surface area contributed by atoms with Crippen LogP contribution in [-0.2, 0) is 0 Å². The number of piperidine rings is 1. The summed E-state index contributed by atoms with van der Waals surface area (Å²) in [7, 11) is 1.66. The van der Waals surface area contributed by atoms with Gasteiger partial charge in [0.25, 0.3) is 11.1 Å². The molecule has 3 aromatic rings. The lowest BCUT2D eigenvalue weighted by atomic mass is 10.1. The number of carbonyl (C=O) groups excluding carboxylic acids is 1. The summed E-state index contributed by atoms with van der Waals surface area (Å²) in [5.41, 5.74) is 1.66. The van der Waals surface area contributed by atoms with Gasteiger partial charge in [-0.3, -0.25) is 4.79 Å². The van der Waals surface area contributed by atoms with Gasteiger partial charge in [-0.15, -0.1) is 0 Å². The van der Waals surface area contributed by atoms with Crippen LogP contribution >= 0.6 is 11.3 Å². The minimum atomic E-state index is 0.0936. The van der Waals surface area contributed by atoms with Crippen LogP contribution in [0.15, 0.2) is 48.5 Å². The zero-order valence-electron chi connectivity index (χ0n) is 14.6. The highest BCUT2D eigenvalue weighted by Crippen LogP contribution is 2.32. The first-order valence-corrected chi connectivity index (χ1v) is 9.50. The number of ether oxygens (including phenoxy) is 2. The lowest BCUT2D eigenvalue weighted by Gasteiger charge is -2.31. The first-order valence-electron chi connectivity index (χ1n) is 8.68. The molecule has 0 N–H and O–H groups in total. The van der Waals surface area contributed by atoms with Gasteiger partial charge in [-0.2, -0.15) is 0 Å². The van der Waals surface area contributed by atoms with E-state index in [1.54, 1.807) is 7.11 Å². The molecule has 0 unspecified atom stereocenters. The van der Waals surface area contributed by atoms with Crippen LogP contribution in [0.1, 0.15) is 23.2 Å². The number of rotatable bonds is 4. The number of methoxy groups -OCH3 is 1. The maximum absolute atomic E-state index is 12.5. The van der Waals surface area contributed by atoms with Gasteiger partial charge in [-0.25, -0.2) is 4.98 Å². The van der Waals surface area contributed by atoms with Crippen LogP contribution in [0.4, 0.5) is 0 Å². The number of fused-ring (bicyclic) bond motifs is 1. The summed E-state index contributed by atoms with van der Waals surface area (Å²) >= 11 is 1.53. The Kier molecular flexibility index (Phi) is 4.75. The van der Waals surface area contributed by atoms with E-state index in [9.17, 15) is 4.79 Å². The molecule has 6 heteroatoms. The van der Waals surface area contributed by atoms with Gasteiger partial charge in [0.15, 0.2) is 0 Å². The van der Waals surface area contributed by atoms with Crippen LogP contribution in [0, 0.1) is 0 Å². The van der Waals surface area contributed by atoms with Gasteiger partial charge >= 0.3 is 0 Å². The van der Waals surface area contributed by atoms with E-state index in [-0.39, 0.29) is 12.0 Å². The molecule has 134 valence electrons. The molecule has 1 fully saturated rings. The molecule has 0 bridgehead atoms. The number of nitrogens with zero attached hydrogens (tertiary/aromatic N) is 2. The van der Waals surface area contributed by atoms with Crippen molar-refractivity contribution in [2.24, 2.45) is 0 Å². The average Bonchev–Trinajstić information content (AvgIpc) is 3.10. The molecule has 26 heavy (non-hydrogen) atoms. The van der Waals surface area contributed by atoms with Crippen molar-refractivity contribution in [3.8, 4) is 10.9 Å². The van der Waals surface area contributed by atoms with Crippen molar-refractivity contribution in [3.63, 3.8) is 0 Å². The van der Waals surface area contributed by atoms with Crippen molar-refractivity contribution in [3.05, 3.63) is 54.1 Å². The van der Waals surface area contributed by atoms with E-state index in [0.717, 1.165) is 34.4 Å². The van der Waals surface area contributed by atoms with Crippen LogP contribution in [0.5, 0.6) is 10.9 Å². The van der Waals surface area contributed by atoms with Gasteiger partial charge in [0, 0.05) is 31.5 Å². The number of hydrogen-bond donors (Lipinski definition) is 0. The molecule has 0 atom stereocenters. The fourth-order valence-corrected chi connectivity index (χ4v) is 4.05. The van der Waals surface area contributed by atoms with Gasteiger partial charge in [0.05, 0.1) is 17.3 Å². The Morgan fingerprint density at radius 2 is 1.92 bits per heavy atom. The van der Waals surface area contributed by atoms with Gasteiger partial charge in [0.2, 0.25) is 0 Å². The maximum atomic E-state index is 12.5. The zero-order valence-corrected chi connectivity index (χ0v) is 15.4. The highest BCUT2D eigenvalue weighted by molar-refractivity contribution is 7.20. The minimum Gasteiger partial charge on any atom is -0.497 e. The Bertz CT molecular complexity index is 902. The standard InChI is InChI=1S/C20H20N2O3S/c1-24-16-7-8-17-18(13-16)26-20(21-17)25-15-9-11-22(12-10-15)19(23)14-5-3-2-4-6-14/h2-8,13,15H,9-12H2,1H3. The third kappa shape index (κ3) is 3.51. The normalized spacial score (nSPS) is 15.2. The molecule has 1 aliphatic heterocycles. The molecule has 1 aliphatic rings. The maximum Gasteiger partial charge on any atom is 0.274 e. The van der Waals surface area contributed by atoms with Crippen molar-refractivity contribution in [1.29, 1.82) is 0 Å². The zero-order chi connectivity index (χ0) is 17.9. The average molecular weight is 368 g/mol. The fourth-order valence-electron chi connectivity index (χ4n) is 3.14. The number of aromatic nitrogens is 1. The molecular formula is C20H20N2O3S. The van der Waals surface area contributed by atoms with E-state index in [0.29, 0.717) is 18.3 Å². The van der Waals surface area contributed by atoms with Gasteiger partial charge in [0.1, 0.15) is 11.9 Å². The van der Waals surface area contributed by atoms with Crippen molar-refractivity contribution in [2.75, 3.05) is 20.2 Å². The lowest BCUT2D eigenvalue weighted by Crippen LogP contribution is -2.41. The molecule has 0 spiro atoms. The largest absolute Gasteiger partial charge is 0.497 e. The summed E-state index contributed by atoms with van der Waals surface area (Å²) in [6, 6.07) is 15.3. The lowest BCUT2D eigenvalue weighted by molar-refractivity contribution is 0.0595. The fraction of sp³-hybridized carbons (Fsp3) is 0.300. The Hall–Kier alpha value is -2.60. The quantitative estimate of drug-likeness (QED) is 0.699. The Morgan fingerprint density at radius 1 is 1.15 bits per heavy atom. The number of hydrogen-bond acceptors (Lipinski definition) is 5. The minimum absolute atomic E-state index is 0.0936. The van der Waals surface area contributed by atoms with Crippen LogP contribution in [0.2, 0.25) is 0 Å². The van der Waals surface area contributed by atoms with E-state index in [2.05, 4.69) is 4.98 Å². The molecule has 5 nitrogen and oxygen atoms in total. The number of carbonyl (C=O) groups is 1. The first-order chi connectivity index (χ1) is 12.7. The predicted octanol–water partition coefficient (Wildman–Crippen LogP) is 3.99. The number of likely N-dealkylation sites (tertiary alicyclic amines) is 1. The van der Waals surface area contributed by atoms with Crippen molar-refractivity contribution >= 4 is 27.5 Å². The molecule has 4 rings (SSSR count). The summed E-state index contributed by atoms with van der Waals surface area (Å²) in [5.74, 6) is 0.913. The monoisotopic (exact) mass is 368 g/mol. The summed E-state index contributed by atoms with van der Waals surface area (Å²) in [6.45, 7) is 1.41. The van der Waals surface area contributed by atoms with E-state index in [4.69, 9.17) is 9.47 Å². The van der Waals surface area contributed by atoms with Crippen LogP contribution in [0.3, 0.4) is 0 Å². The van der Waals surface area contributed by atoms with Crippen LogP contribution < -0.4 is 9.47 Å². The Morgan fingerprint density at radius 3 is 2.65 bits per heavy atom. The molecule has 0 aliphatic carbocycles. The third-order valence-corrected chi connectivity index (χ3v) is 5.50. The number of benzene rings is 2. The summed E-state index contributed by atoms with van der Waals surface area (Å²) in [5, 5.41) is 0.682. The third-order valence-electron chi connectivity index (χ3n) is 4.59.